The monoisotopic (exact) mass is 413 g/mol. The van der Waals surface area contributed by atoms with E-state index in [9.17, 15) is 8.42 Å². The molecule has 138 valence electrons. The predicted octanol–water partition coefficient (Wildman–Crippen LogP) is 4.29. The van der Waals surface area contributed by atoms with Gasteiger partial charge in [0.2, 0.25) is 10.0 Å². The lowest BCUT2D eigenvalue weighted by Crippen LogP contribution is -2.31. The van der Waals surface area contributed by atoms with E-state index in [-0.39, 0.29) is 16.0 Å². The third-order valence-corrected chi connectivity index (χ3v) is 7.26. The molecule has 2 aromatic carbocycles. The van der Waals surface area contributed by atoms with Gasteiger partial charge in [-0.2, -0.15) is 4.31 Å². The average molecular weight is 414 g/mol. The summed E-state index contributed by atoms with van der Waals surface area (Å²) in [6.07, 6.45) is 1.51. The fourth-order valence-corrected chi connectivity index (χ4v) is 5.85. The van der Waals surface area contributed by atoms with E-state index in [4.69, 9.17) is 32.7 Å². The Hall–Kier alpha value is -1.47. The van der Waals surface area contributed by atoms with Crippen LogP contribution in [-0.2, 0) is 10.0 Å². The van der Waals surface area contributed by atoms with Crippen LogP contribution in [0.15, 0.2) is 41.3 Å². The normalized spacial score (nSPS) is 20.3. The first kappa shape index (κ1) is 17.9. The molecule has 0 amide bonds. The average Bonchev–Trinajstić information content (AvgIpc) is 3.14. The van der Waals surface area contributed by atoms with E-state index in [1.807, 2.05) is 18.2 Å². The van der Waals surface area contributed by atoms with Gasteiger partial charge in [0.25, 0.3) is 0 Å². The molecule has 0 unspecified atom stereocenters. The highest BCUT2D eigenvalue weighted by molar-refractivity contribution is 7.89. The maximum Gasteiger partial charge on any atom is 0.245 e. The van der Waals surface area contributed by atoms with E-state index in [1.54, 1.807) is 6.07 Å². The van der Waals surface area contributed by atoms with Gasteiger partial charge in [0.15, 0.2) is 11.5 Å². The summed E-state index contributed by atoms with van der Waals surface area (Å²) in [6.45, 7) is 1.44. The number of rotatable bonds is 3. The molecular weight excluding hydrogens is 397 g/mol. The highest BCUT2D eigenvalue weighted by atomic mass is 35.5. The lowest BCUT2D eigenvalue weighted by molar-refractivity contribution is 0.171. The molecule has 2 heterocycles. The van der Waals surface area contributed by atoms with Crippen molar-refractivity contribution in [2.75, 3.05) is 19.8 Å². The van der Waals surface area contributed by atoms with Crippen molar-refractivity contribution in [1.82, 2.24) is 4.31 Å². The minimum absolute atomic E-state index is 0.0381. The van der Waals surface area contributed by atoms with E-state index in [0.29, 0.717) is 36.3 Å². The van der Waals surface area contributed by atoms with Gasteiger partial charge in [-0.1, -0.05) is 29.3 Å². The van der Waals surface area contributed by atoms with Gasteiger partial charge in [-0.15, -0.1) is 0 Å². The van der Waals surface area contributed by atoms with E-state index >= 15 is 0 Å². The van der Waals surface area contributed by atoms with Gasteiger partial charge in [0, 0.05) is 11.6 Å². The molecule has 0 radical (unpaired) electrons. The quantitative estimate of drug-likeness (QED) is 0.752. The summed E-state index contributed by atoms with van der Waals surface area (Å²) in [6, 6.07) is 9.80. The molecule has 1 saturated heterocycles. The summed E-state index contributed by atoms with van der Waals surface area (Å²) in [7, 11) is -3.77. The third kappa shape index (κ3) is 3.16. The number of fused-ring (bicyclic) bond motifs is 1. The molecule has 26 heavy (non-hydrogen) atoms. The van der Waals surface area contributed by atoms with Crippen molar-refractivity contribution < 1.29 is 17.9 Å². The molecule has 0 N–H and O–H groups in total. The zero-order valence-corrected chi connectivity index (χ0v) is 16.1. The van der Waals surface area contributed by atoms with Gasteiger partial charge in [-0.3, -0.25) is 0 Å². The van der Waals surface area contributed by atoms with E-state index in [0.717, 1.165) is 18.4 Å². The maximum atomic E-state index is 13.2. The highest BCUT2D eigenvalue weighted by Crippen LogP contribution is 2.41. The van der Waals surface area contributed by atoms with Gasteiger partial charge in [0.1, 0.15) is 18.1 Å². The van der Waals surface area contributed by atoms with Crippen LogP contribution in [0.4, 0.5) is 0 Å². The van der Waals surface area contributed by atoms with Crippen molar-refractivity contribution in [3.63, 3.8) is 0 Å². The van der Waals surface area contributed by atoms with Crippen LogP contribution in [0, 0.1) is 0 Å². The maximum absolute atomic E-state index is 13.2. The minimum atomic E-state index is -3.77. The molecule has 0 spiro atoms. The Morgan fingerprint density at radius 3 is 2.58 bits per heavy atom. The van der Waals surface area contributed by atoms with Crippen molar-refractivity contribution in [3.05, 3.63) is 52.0 Å². The van der Waals surface area contributed by atoms with Crippen LogP contribution in [0.25, 0.3) is 0 Å². The van der Waals surface area contributed by atoms with E-state index < -0.39 is 10.0 Å². The molecule has 2 aliphatic heterocycles. The number of nitrogens with zero attached hydrogens (tertiary/aromatic N) is 1. The van der Waals surface area contributed by atoms with Crippen molar-refractivity contribution in [3.8, 4) is 11.5 Å². The number of ether oxygens (including phenoxy) is 2. The standard InChI is InChI=1S/C18H17Cl2NO4S/c19-13-4-5-14(20)18(11-13)26(22,23)21-7-1-2-15(21)12-3-6-16-17(10-12)25-9-8-24-16/h3-6,10-11,15H,1-2,7-9H2/t15-/m1/s1. The van der Waals surface area contributed by atoms with Gasteiger partial charge >= 0.3 is 0 Å². The molecule has 1 atom stereocenters. The molecule has 0 aliphatic carbocycles. The van der Waals surface area contributed by atoms with Crippen molar-refractivity contribution >= 4 is 33.2 Å². The SMILES string of the molecule is O=S(=O)(c1cc(Cl)ccc1Cl)N1CCC[C@@H]1c1ccc2c(c1)OCCO2. The summed E-state index contributed by atoms with van der Waals surface area (Å²) < 4.78 is 39.1. The zero-order valence-electron chi connectivity index (χ0n) is 13.8. The number of hydrogen-bond acceptors (Lipinski definition) is 4. The highest BCUT2D eigenvalue weighted by Gasteiger charge is 2.37. The fraction of sp³-hybridized carbons (Fsp3) is 0.333. The van der Waals surface area contributed by atoms with E-state index in [2.05, 4.69) is 0 Å². The van der Waals surface area contributed by atoms with Crippen LogP contribution < -0.4 is 9.47 Å². The topological polar surface area (TPSA) is 55.8 Å². The second-order valence-electron chi connectivity index (χ2n) is 6.25. The van der Waals surface area contributed by atoms with Gasteiger partial charge < -0.3 is 9.47 Å². The molecule has 0 bridgehead atoms. The lowest BCUT2D eigenvalue weighted by atomic mass is 10.0. The first-order chi connectivity index (χ1) is 12.5. The number of sulfonamides is 1. The molecule has 2 aliphatic rings. The molecular formula is C18H17Cl2NO4S. The molecule has 0 saturated carbocycles. The van der Waals surface area contributed by atoms with Crippen molar-refractivity contribution in [2.45, 2.75) is 23.8 Å². The summed E-state index contributed by atoms with van der Waals surface area (Å²) in [5, 5.41) is 0.505. The molecule has 8 heteroatoms. The first-order valence-electron chi connectivity index (χ1n) is 8.33. The van der Waals surface area contributed by atoms with Crippen molar-refractivity contribution in [2.24, 2.45) is 0 Å². The Morgan fingerprint density at radius 2 is 1.77 bits per heavy atom. The summed E-state index contributed by atoms with van der Waals surface area (Å²) in [5.41, 5.74) is 0.883. The summed E-state index contributed by atoms with van der Waals surface area (Å²) in [4.78, 5) is 0.0381. The lowest BCUT2D eigenvalue weighted by Gasteiger charge is -2.26. The second-order valence-corrected chi connectivity index (χ2v) is 8.95. The Kier molecular flexibility index (Phi) is 4.77. The number of hydrogen-bond donors (Lipinski definition) is 0. The summed E-state index contributed by atoms with van der Waals surface area (Å²) >= 11 is 12.1. The van der Waals surface area contributed by atoms with Crippen LogP contribution in [0.1, 0.15) is 24.4 Å². The summed E-state index contributed by atoms with van der Waals surface area (Å²) in [5.74, 6) is 1.34. The first-order valence-corrected chi connectivity index (χ1v) is 10.5. The molecule has 1 fully saturated rings. The fourth-order valence-electron chi connectivity index (χ4n) is 3.43. The minimum Gasteiger partial charge on any atom is -0.486 e. The van der Waals surface area contributed by atoms with Crippen LogP contribution in [-0.4, -0.2) is 32.5 Å². The smallest absolute Gasteiger partial charge is 0.245 e. The van der Waals surface area contributed by atoms with Crippen LogP contribution in [0.5, 0.6) is 11.5 Å². The largest absolute Gasteiger partial charge is 0.486 e. The molecule has 2 aromatic rings. The van der Waals surface area contributed by atoms with Gasteiger partial charge in [-0.25, -0.2) is 8.42 Å². The number of benzene rings is 2. The Bertz CT molecular complexity index is 948. The predicted molar refractivity (Wildman–Crippen MR) is 99.8 cm³/mol. The van der Waals surface area contributed by atoms with E-state index in [1.165, 1.54) is 16.4 Å². The van der Waals surface area contributed by atoms with Gasteiger partial charge in [-0.05, 0) is 48.7 Å². The van der Waals surface area contributed by atoms with Crippen LogP contribution in [0.2, 0.25) is 10.0 Å². The Balaban J connectivity index is 1.71. The molecule has 4 rings (SSSR count). The second kappa shape index (κ2) is 6.93. The molecule has 0 aromatic heterocycles. The van der Waals surface area contributed by atoms with Crippen LogP contribution >= 0.6 is 23.2 Å². The zero-order chi connectivity index (χ0) is 18.3. The van der Waals surface area contributed by atoms with Crippen LogP contribution in [0.3, 0.4) is 0 Å². The molecule has 5 nitrogen and oxygen atoms in total. The van der Waals surface area contributed by atoms with Crippen molar-refractivity contribution in [1.29, 1.82) is 0 Å². The Morgan fingerprint density at radius 1 is 1.00 bits per heavy atom. The Labute approximate surface area is 162 Å². The van der Waals surface area contributed by atoms with Gasteiger partial charge in [0.05, 0.1) is 11.1 Å². The third-order valence-electron chi connectivity index (χ3n) is 4.63. The number of halogens is 2.